The van der Waals surface area contributed by atoms with Crippen LogP contribution < -0.4 is 5.32 Å². The summed E-state index contributed by atoms with van der Waals surface area (Å²) in [5.41, 5.74) is 3.25. The summed E-state index contributed by atoms with van der Waals surface area (Å²) < 4.78 is 1.77. The van der Waals surface area contributed by atoms with Crippen LogP contribution in [-0.4, -0.2) is 25.5 Å². The molecule has 4 aromatic rings. The Labute approximate surface area is 177 Å². The van der Waals surface area contributed by atoms with E-state index in [4.69, 9.17) is 11.6 Å². The number of fused-ring (bicyclic) bond motifs is 1. The number of amides is 1. The molecule has 0 bridgehead atoms. The number of anilines is 1. The van der Waals surface area contributed by atoms with Crippen LogP contribution in [0, 0.1) is 6.92 Å². The summed E-state index contributed by atoms with van der Waals surface area (Å²) in [5.74, 6) is 0.351. The Kier molecular flexibility index (Phi) is 5.51. The molecule has 0 atom stereocenters. The quantitative estimate of drug-likeness (QED) is 0.454. The second-order valence-corrected chi connectivity index (χ2v) is 7.84. The Morgan fingerprint density at radius 2 is 1.93 bits per heavy atom. The monoisotopic (exact) mass is 423 g/mol. The lowest BCUT2D eigenvalue weighted by Gasteiger charge is -2.12. The number of benzene rings is 2. The van der Waals surface area contributed by atoms with Crippen molar-refractivity contribution in [2.75, 3.05) is 5.32 Å². The summed E-state index contributed by atoms with van der Waals surface area (Å²) in [6, 6.07) is 14.6. The smallest absolute Gasteiger partial charge is 0.257 e. The van der Waals surface area contributed by atoms with Gasteiger partial charge in [-0.15, -0.1) is 0 Å². The first-order valence-corrected chi connectivity index (χ1v) is 10.3. The fourth-order valence-corrected chi connectivity index (χ4v) is 4.38. The van der Waals surface area contributed by atoms with Crippen molar-refractivity contribution in [3.05, 3.63) is 76.7 Å². The highest BCUT2D eigenvalue weighted by molar-refractivity contribution is 7.99. The molecule has 0 aliphatic rings. The standard InChI is InChI=1S/C21H18ClN5OS/c1-3-16-13(2)25-21-23-12-24-27(21)20(16)29-15-10-8-14(9-11-15)26-19(28)17-6-4-5-7-18(17)22/h4-12H,3H2,1-2H3,(H,26,28). The molecule has 2 aromatic carbocycles. The minimum Gasteiger partial charge on any atom is -0.322 e. The fourth-order valence-electron chi connectivity index (χ4n) is 3.03. The van der Waals surface area contributed by atoms with E-state index in [2.05, 4.69) is 27.3 Å². The number of aromatic nitrogens is 4. The van der Waals surface area contributed by atoms with Gasteiger partial charge in [0.05, 0.1) is 10.6 Å². The molecule has 0 fully saturated rings. The molecule has 0 aliphatic heterocycles. The predicted octanol–water partition coefficient (Wildman–Crippen LogP) is 5.05. The lowest BCUT2D eigenvalue weighted by atomic mass is 10.2. The minimum absolute atomic E-state index is 0.238. The van der Waals surface area contributed by atoms with Crippen molar-refractivity contribution in [1.82, 2.24) is 19.6 Å². The number of nitrogens with zero attached hydrogens (tertiary/aromatic N) is 4. The highest BCUT2D eigenvalue weighted by atomic mass is 35.5. The van der Waals surface area contributed by atoms with E-state index in [-0.39, 0.29) is 5.91 Å². The largest absolute Gasteiger partial charge is 0.322 e. The van der Waals surface area contributed by atoms with Crippen molar-refractivity contribution < 1.29 is 4.79 Å². The number of halogens is 1. The first-order valence-electron chi connectivity index (χ1n) is 9.10. The van der Waals surface area contributed by atoms with Gasteiger partial charge in [0.25, 0.3) is 11.7 Å². The number of nitrogens with one attached hydrogen (secondary N) is 1. The first kappa shape index (κ1) is 19.4. The van der Waals surface area contributed by atoms with Crippen molar-refractivity contribution in [2.45, 2.75) is 30.2 Å². The third-order valence-corrected chi connectivity index (χ3v) is 5.93. The van der Waals surface area contributed by atoms with Crippen LogP contribution in [0.4, 0.5) is 5.69 Å². The number of aryl methyl sites for hydroxylation is 1. The van der Waals surface area contributed by atoms with Gasteiger partial charge in [0, 0.05) is 21.8 Å². The molecule has 1 amide bonds. The normalized spacial score (nSPS) is 11.0. The van der Waals surface area contributed by atoms with E-state index in [1.807, 2.05) is 31.2 Å². The molecule has 4 rings (SSSR count). The Morgan fingerprint density at radius 1 is 1.17 bits per heavy atom. The number of rotatable bonds is 5. The van der Waals surface area contributed by atoms with E-state index < -0.39 is 0 Å². The van der Waals surface area contributed by atoms with Gasteiger partial charge in [0.2, 0.25) is 0 Å². The molecule has 6 nitrogen and oxygen atoms in total. The fraction of sp³-hybridized carbons (Fsp3) is 0.143. The molecule has 8 heteroatoms. The van der Waals surface area contributed by atoms with E-state index in [0.717, 1.165) is 27.6 Å². The van der Waals surface area contributed by atoms with Crippen molar-refractivity contribution in [3.8, 4) is 0 Å². The maximum atomic E-state index is 12.4. The molecule has 0 radical (unpaired) electrons. The molecule has 1 N–H and O–H groups in total. The topological polar surface area (TPSA) is 72.2 Å². The van der Waals surface area contributed by atoms with Crippen LogP contribution in [0.25, 0.3) is 5.78 Å². The van der Waals surface area contributed by atoms with E-state index in [9.17, 15) is 4.79 Å². The van der Waals surface area contributed by atoms with Crippen molar-refractivity contribution in [2.24, 2.45) is 0 Å². The van der Waals surface area contributed by atoms with E-state index in [0.29, 0.717) is 22.1 Å². The van der Waals surface area contributed by atoms with Crippen LogP contribution in [-0.2, 0) is 6.42 Å². The molecular weight excluding hydrogens is 406 g/mol. The van der Waals surface area contributed by atoms with Gasteiger partial charge in [-0.2, -0.15) is 14.6 Å². The Balaban J connectivity index is 1.57. The van der Waals surface area contributed by atoms with Crippen LogP contribution in [0.2, 0.25) is 5.02 Å². The van der Waals surface area contributed by atoms with E-state index >= 15 is 0 Å². The maximum absolute atomic E-state index is 12.4. The summed E-state index contributed by atoms with van der Waals surface area (Å²) in [4.78, 5) is 22.2. The molecule has 0 saturated carbocycles. The zero-order valence-electron chi connectivity index (χ0n) is 15.9. The average Bonchev–Trinajstić information content (AvgIpc) is 3.18. The summed E-state index contributed by atoms with van der Waals surface area (Å²) in [7, 11) is 0. The second kappa shape index (κ2) is 8.23. The Bertz CT molecular complexity index is 1190. The van der Waals surface area contributed by atoms with E-state index in [1.54, 1.807) is 40.5 Å². The number of hydrogen-bond acceptors (Lipinski definition) is 5. The van der Waals surface area contributed by atoms with Gasteiger partial charge in [-0.1, -0.05) is 42.4 Å². The van der Waals surface area contributed by atoms with Crippen LogP contribution in [0.3, 0.4) is 0 Å². The first-order chi connectivity index (χ1) is 14.1. The maximum Gasteiger partial charge on any atom is 0.257 e. The molecule has 146 valence electrons. The van der Waals surface area contributed by atoms with Crippen molar-refractivity contribution >= 4 is 40.7 Å². The van der Waals surface area contributed by atoms with Gasteiger partial charge in [-0.05, 0) is 49.7 Å². The molecule has 0 spiro atoms. The van der Waals surface area contributed by atoms with Crippen LogP contribution in [0.5, 0.6) is 0 Å². The minimum atomic E-state index is -0.238. The van der Waals surface area contributed by atoms with Gasteiger partial charge >= 0.3 is 0 Å². The number of carbonyl (C=O) groups is 1. The number of hydrogen-bond donors (Lipinski definition) is 1. The summed E-state index contributed by atoms with van der Waals surface area (Å²) in [6.45, 7) is 4.09. The molecule has 0 aliphatic carbocycles. The molecule has 0 saturated heterocycles. The SMILES string of the molecule is CCc1c(C)nc2ncnn2c1Sc1ccc(NC(=O)c2ccccc2Cl)cc1. The van der Waals surface area contributed by atoms with Gasteiger partial charge in [0.15, 0.2) is 0 Å². The zero-order valence-corrected chi connectivity index (χ0v) is 17.5. The average molecular weight is 424 g/mol. The molecule has 29 heavy (non-hydrogen) atoms. The van der Waals surface area contributed by atoms with Gasteiger partial charge < -0.3 is 5.32 Å². The molecule has 0 unspecified atom stereocenters. The van der Waals surface area contributed by atoms with E-state index in [1.165, 1.54) is 6.33 Å². The second-order valence-electron chi connectivity index (χ2n) is 6.37. The highest BCUT2D eigenvalue weighted by Gasteiger charge is 2.15. The Morgan fingerprint density at radius 3 is 2.66 bits per heavy atom. The molecule has 2 aromatic heterocycles. The third kappa shape index (κ3) is 3.97. The van der Waals surface area contributed by atoms with Crippen LogP contribution in [0.15, 0.2) is 64.8 Å². The zero-order chi connectivity index (χ0) is 20.4. The predicted molar refractivity (Wildman–Crippen MR) is 115 cm³/mol. The van der Waals surface area contributed by atoms with Gasteiger partial charge in [-0.25, -0.2) is 4.98 Å². The summed E-state index contributed by atoms with van der Waals surface area (Å²) in [5, 5.41) is 8.62. The van der Waals surface area contributed by atoms with Crippen LogP contribution in [0.1, 0.15) is 28.5 Å². The van der Waals surface area contributed by atoms with Crippen molar-refractivity contribution in [3.63, 3.8) is 0 Å². The lowest BCUT2D eigenvalue weighted by Crippen LogP contribution is -2.12. The van der Waals surface area contributed by atoms with Gasteiger partial charge in [0.1, 0.15) is 11.4 Å². The highest BCUT2D eigenvalue weighted by Crippen LogP contribution is 2.32. The van der Waals surface area contributed by atoms with Gasteiger partial charge in [-0.3, -0.25) is 4.79 Å². The number of carbonyl (C=O) groups excluding carboxylic acids is 1. The van der Waals surface area contributed by atoms with Crippen LogP contribution >= 0.6 is 23.4 Å². The third-order valence-electron chi connectivity index (χ3n) is 4.48. The molecular formula is C21H18ClN5OS. The molecule has 2 heterocycles. The summed E-state index contributed by atoms with van der Waals surface area (Å²) in [6.07, 6.45) is 2.36. The van der Waals surface area contributed by atoms with Crippen molar-refractivity contribution in [1.29, 1.82) is 0 Å². The Hall–Kier alpha value is -2.90. The lowest BCUT2D eigenvalue weighted by molar-refractivity contribution is 0.102. The summed E-state index contributed by atoms with van der Waals surface area (Å²) >= 11 is 7.70.